The summed E-state index contributed by atoms with van der Waals surface area (Å²) in [6, 6.07) is 9.83. The molecule has 2 rings (SSSR count). The topological polar surface area (TPSA) is 68.2 Å². The zero-order valence-corrected chi connectivity index (χ0v) is 10.3. The minimum atomic E-state index is -1.20. The highest BCUT2D eigenvalue weighted by atomic mass is 17.3. The molecule has 1 aromatic carbocycles. The molecule has 0 aromatic heterocycles. The molecule has 0 radical (unpaired) electrons. The predicted molar refractivity (Wildman–Crippen MR) is 63.5 cm³/mol. The summed E-state index contributed by atoms with van der Waals surface area (Å²) >= 11 is 0. The average Bonchev–Trinajstić information content (AvgIpc) is 2.77. The van der Waals surface area contributed by atoms with Gasteiger partial charge in [-0.2, -0.15) is 4.89 Å². The molecule has 1 saturated heterocycles. The molecule has 100 valence electrons. The van der Waals surface area contributed by atoms with E-state index in [-0.39, 0.29) is 13.0 Å². The molecule has 1 aromatic rings. The first-order valence-corrected chi connectivity index (χ1v) is 5.96. The Bertz CT molecular complexity index is 382. The molecule has 0 aliphatic carbocycles. The van der Waals surface area contributed by atoms with Crippen LogP contribution in [-0.4, -0.2) is 28.4 Å². The van der Waals surface area contributed by atoms with Crippen LogP contribution < -0.4 is 0 Å². The van der Waals surface area contributed by atoms with Crippen molar-refractivity contribution in [3.05, 3.63) is 35.9 Å². The van der Waals surface area contributed by atoms with Crippen LogP contribution in [0.5, 0.6) is 0 Å². The second-order valence-corrected chi connectivity index (χ2v) is 4.94. The van der Waals surface area contributed by atoms with E-state index in [4.69, 9.17) is 15.0 Å². The van der Waals surface area contributed by atoms with Crippen LogP contribution in [0, 0.1) is 0 Å². The molecule has 5 nitrogen and oxygen atoms in total. The number of hydrogen-bond donors (Lipinski definition) is 2. The SMILES string of the molecule is C[C@@]1(CO)C[C@@](CCc2ccccc2)(OO)OO1. The summed E-state index contributed by atoms with van der Waals surface area (Å²) in [5.74, 6) is -1.20. The molecule has 5 heteroatoms. The monoisotopic (exact) mass is 254 g/mol. The number of aryl methyl sites for hydroxylation is 1. The van der Waals surface area contributed by atoms with Crippen LogP contribution in [0.3, 0.4) is 0 Å². The minimum absolute atomic E-state index is 0.191. The highest BCUT2D eigenvalue weighted by molar-refractivity contribution is 5.15. The molecule has 0 bridgehead atoms. The number of rotatable bonds is 5. The lowest BCUT2D eigenvalue weighted by molar-refractivity contribution is -0.473. The highest BCUT2D eigenvalue weighted by Crippen LogP contribution is 2.39. The van der Waals surface area contributed by atoms with Crippen LogP contribution in [0.1, 0.15) is 25.3 Å². The Balaban J connectivity index is 1.98. The van der Waals surface area contributed by atoms with E-state index in [2.05, 4.69) is 4.89 Å². The maximum absolute atomic E-state index is 9.20. The Kier molecular flexibility index (Phi) is 3.99. The van der Waals surface area contributed by atoms with Crippen LogP contribution in [0.4, 0.5) is 0 Å². The molecule has 0 amide bonds. The largest absolute Gasteiger partial charge is 0.393 e. The van der Waals surface area contributed by atoms with E-state index in [1.165, 1.54) is 0 Å². The van der Waals surface area contributed by atoms with Gasteiger partial charge in [-0.1, -0.05) is 30.3 Å². The van der Waals surface area contributed by atoms with Crippen molar-refractivity contribution in [2.24, 2.45) is 0 Å². The second-order valence-electron chi connectivity index (χ2n) is 4.94. The van der Waals surface area contributed by atoms with Gasteiger partial charge in [-0.25, -0.2) is 15.0 Å². The predicted octanol–water partition coefficient (Wildman–Crippen LogP) is 1.91. The Morgan fingerprint density at radius 1 is 1.28 bits per heavy atom. The van der Waals surface area contributed by atoms with Crippen LogP contribution in [0.25, 0.3) is 0 Å². The lowest BCUT2D eigenvalue weighted by Gasteiger charge is -2.22. The molecule has 1 heterocycles. The smallest absolute Gasteiger partial charge is 0.237 e. The van der Waals surface area contributed by atoms with Gasteiger partial charge in [0, 0.05) is 12.8 Å². The number of hydrogen-bond acceptors (Lipinski definition) is 5. The normalized spacial score (nSPS) is 31.7. The molecular weight excluding hydrogens is 236 g/mol. The summed E-state index contributed by atoms with van der Waals surface area (Å²) in [6.07, 6.45) is 1.41. The Hall–Kier alpha value is -0.980. The van der Waals surface area contributed by atoms with Crippen molar-refractivity contribution < 1.29 is 25.0 Å². The molecule has 2 atom stereocenters. The van der Waals surface area contributed by atoms with Gasteiger partial charge in [0.15, 0.2) is 0 Å². The van der Waals surface area contributed by atoms with E-state index < -0.39 is 11.4 Å². The summed E-state index contributed by atoms with van der Waals surface area (Å²) in [5.41, 5.74) is 0.287. The maximum atomic E-state index is 9.20. The van der Waals surface area contributed by atoms with Gasteiger partial charge in [0.2, 0.25) is 5.79 Å². The minimum Gasteiger partial charge on any atom is -0.393 e. The van der Waals surface area contributed by atoms with Gasteiger partial charge in [-0.05, 0) is 18.9 Å². The number of aliphatic hydroxyl groups is 1. The van der Waals surface area contributed by atoms with Gasteiger partial charge in [-0.15, -0.1) is 0 Å². The van der Waals surface area contributed by atoms with Gasteiger partial charge >= 0.3 is 0 Å². The lowest BCUT2D eigenvalue weighted by Crippen LogP contribution is -2.35. The van der Waals surface area contributed by atoms with Crippen molar-refractivity contribution in [1.29, 1.82) is 0 Å². The van der Waals surface area contributed by atoms with Gasteiger partial charge in [0.1, 0.15) is 5.60 Å². The fourth-order valence-electron chi connectivity index (χ4n) is 2.09. The summed E-state index contributed by atoms with van der Waals surface area (Å²) < 4.78 is 0. The van der Waals surface area contributed by atoms with Crippen LogP contribution in [0.2, 0.25) is 0 Å². The fourth-order valence-corrected chi connectivity index (χ4v) is 2.09. The highest BCUT2D eigenvalue weighted by Gasteiger charge is 2.50. The van der Waals surface area contributed by atoms with E-state index >= 15 is 0 Å². The molecule has 0 unspecified atom stereocenters. The summed E-state index contributed by atoms with van der Waals surface area (Å²) in [4.78, 5) is 14.6. The summed E-state index contributed by atoms with van der Waals surface area (Å²) in [6.45, 7) is 1.51. The van der Waals surface area contributed by atoms with Crippen molar-refractivity contribution in [2.75, 3.05) is 6.61 Å². The van der Waals surface area contributed by atoms with Gasteiger partial charge in [0.25, 0.3) is 0 Å². The summed E-state index contributed by atoms with van der Waals surface area (Å²) in [7, 11) is 0. The van der Waals surface area contributed by atoms with E-state index in [0.717, 1.165) is 5.56 Å². The van der Waals surface area contributed by atoms with E-state index in [1.807, 2.05) is 30.3 Å². The third-order valence-electron chi connectivity index (χ3n) is 3.18. The van der Waals surface area contributed by atoms with Crippen molar-refractivity contribution in [2.45, 2.75) is 37.6 Å². The molecule has 1 aliphatic rings. The molecule has 18 heavy (non-hydrogen) atoms. The van der Waals surface area contributed by atoms with Gasteiger partial charge in [-0.3, -0.25) is 0 Å². The third-order valence-corrected chi connectivity index (χ3v) is 3.18. The number of benzene rings is 1. The molecule has 0 saturated carbocycles. The first kappa shape index (κ1) is 13.5. The average molecular weight is 254 g/mol. The van der Waals surface area contributed by atoms with Crippen molar-refractivity contribution >= 4 is 0 Å². The Morgan fingerprint density at radius 2 is 2.00 bits per heavy atom. The molecule has 1 aliphatic heterocycles. The Labute approximate surface area is 106 Å². The lowest BCUT2D eigenvalue weighted by atomic mass is 9.93. The van der Waals surface area contributed by atoms with Gasteiger partial charge < -0.3 is 5.11 Å². The quantitative estimate of drug-likeness (QED) is 0.620. The van der Waals surface area contributed by atoms with Crippen molar-refractivity contribution in [3.8, 4) is 0 Å². The molecule has 0 spiro atoms. The van der Waals surface area contributed by atoms with Gasteiger partial charge in [0.05, 0.1) is 6.61 Å². The molecule has 2 N–H and O–H groups in total. The number of aliphatic hydroxyl groups excluding tert-OH is 1. The van der Waals surface area contributed by atoms with Crippen molar-refractivity contribution in [3.63, 3.8) is 0 Å². The second kappa shape index (κ2) is 5.34. The summed E-state index contributed by atoms with van der Waals surface area (Å²) in [5, 5.41) is 18.2. The van der Waals surface area contributed by atoms with Crippen LogP contribution in [0.15, 0.2) is 30.3 Å². The first-order valence-electron chi connectivity index (χ1n) is 5.96. The third kappa shape index (κ3) is 2.88. The first-order chi connectivity index (χ1) is 8.61. The maximum Gasteiger partial charge on any atom is 0.237 e. The zero-order valence-electron chi connectivity index (χ0n) is 10.3. The fraction of sp³-hybridized carbons (Fsp3) is 0.538. The standard InChI is InChI=1S/C13H18O5/c1-12(10-14)9-13(16-15,18-17-12)8-7-11-5-3-2-4-6-11/h2-6,14-15H,7-10H2,1H3/t12-,13-/m0/s1. The zero-order chi connectivity index (χ0) is 13.1. The molecular formula is C13H18O5. The van der Waals surface area contributed by atoms with E-state index in [9.17, 15) is 5.11 Å². The van der Waals surface area contributed by atoms with Crippen LogP contribution >= 0.6 is 0 Å². The van der Waals surface area contributed by atoms with E-state index in [1.54, 1.807) is 6.92 Å². The van der Waals surface area contributed by atoms with E-state index in [0.29, 0.717) is 12.8 Å². The Morgan fingerprint density at radius 3 is 2.56 bits per heavy atom. The van der Waals surface area contributed by atoms with Crippen LogP contribution in [-0.2, 0) is 21.1 Å². The van der Waals surface area contributed by atoms with Crippen molar-refractivity contribution in [1.82, 2.24) is 0 Å². The molecule has 1 fully saturated rings.